The van der Waals surface area contributed by atoms with E-state index in [0.29, 0.717) is 18.1 Å². The van der Waals surface area contributed by atoms with Gasteiger partial charge >= 0.3 is 0 Å². The van der Waals surface area contributed by atoms with Gasteiger partial charge in [0.05, 0.1) is 0 Å². The second-order valence-electron chi connectivity index (χ2n) is 2.61. The lowest BCUT2D eigenvalue weighted by Gasteiger charge is -1.99. The summed E-state index contributed by atoms with van der Waals surface area (Å²) >= 11 is 0. The Kier molecular flexibility index (Phi) is 3.06. The Bertz CT molecular complexity index is 114. The van der Waals surface area contributed by atoms with Crippen molar-refractivity contribution in [3.63, 3.8) is 0 Å². The normalized spacial score (nSPS) is 13.8. The molecule has 3 heteroatoms. The Morgan fingerprint density at radius 2 is 2.11 bits per heavy atom. The maximum Gasteiger partial charge on any atom is 0.218 e. The van der Waals surface area contributed by atoms with Crippen LogP contribution in [-0.4, -0.2) is 15.8 Å². The van der Waals surface area contributed by atoms with E-state index in [-0.39, 0.29) is 4.90 Å². The molecule has 0 unspecified atom stereocenters. The van der Waals surface area contributed by atoms with Gasteiger partial charge in [-0.15, -0.1) is 0 Å². The molecule has 0 aliphatic carbocycles. The molecule has 1 N–H and O–H groups in total. The van der Waals surface area contributed by atoms with Crippen LogP contribution < -0.4 is 0 Å². The molecule has 0 saturated heterocycles. The van der Waals surface area contributed by atoms with Gasteiger partial charge in [0.15, 0.2) is 0 Å². The van der Waals surface area contributed by atoms with E-state index < -0.39 is 0 Å². The van der Waals surface area contributed by atoms with Crippen LogP contribution in [0.5, 0.6) is 0 Å². The SMILES string of the molecule is C/C(CC(C)C)=[N+](/[O-])O. The van der Waals surface area contributed by atoms with Crippen molar-refractivity contribution in [2.24, 2.45) is 5.92 Å². The monoisotopic (exact) mass is 131 g/mol. The fraction of sp³-hybridized carbons (Fsp3) is 0.833. The van der Waals surface area contributed by atoms with Crippen molar-refractivity contribution in [2.45, 2.75) is 27.2 Å². The lowest BCUT2D eigenvalue weighted by molar-refractivity contribution is -0.727. The molecule has 54 valence electrons. The highest BCUT2D eigenvalue weighted by Gasteiger charge is 2.04. The number of rotatable bonds is 2. The van der Waals surface area contributed by atoms with Crippen molar-refractivity contribution >= 4 is 5.71 Å². The van der Waals surface area contributed by atoms with Gasteiger partial charge in [0.25, 0.3) is 0 Å². The van der Waals surface area contributed by atoms with Crippen molar-refractivity contribution in [3.05, 3.63) is 5.21 Å². The third kappa shape index (κ3) is 3.82. The smallest absolute Gasteiger partial charge is 0.218 e. The molecule has 0 bridgehead atoms. The standard InChI is InChI=1S/C6H13NO2/c1-5(2)4-6(3)7(8)9/h5H,4H2,1-3H3,(H,8,9). The second-order valence-corrected chi connectivity index (χ2v) is 2.61. The van der Waals surface area contributed by atoms with Crippen LogP contribution in [0.2, 0.25) is 0 Å². The van der Waals surface area contributed by atoms with Crippen LogP contribution >= 0.6 is 0 Å². The van der Waals surface area contributed by atoms with E-state index >= 15 is 0 Å². The van der Waals surface area contributed by atoms with Crippen molar-refractivity contribution in [3.8, 4) is 0 Å². The van der Waals surface area contributed by atoms with E-state index in [4.69, 9.17) is 5.21 Å². The highest BCUT2D eigenvalue weighted by atomic mass is 16.8. The number of hydrogen-bond donors (Lipinski definition) is 1. The summed E-state index contributed by atoms with van der Waals surface area (Å²) in [6.45, 7) is 5.60. The van der Waals surface area contributed by atoms with Gasteiger partial charge in [0.1, 0.15) is 0 Å². The first kappa shape index (κ1) is 8.27. The summed E-state index contributed by atoms with van der Waals surface area (Å²) in [5, 5.41) is 18.4. The predicted octanol–water partition coefficient (Wildman–Crippen LogP) is 1.39. The van der Waals surface area contributed by atoms with E-state index in [1.54, 1.807) is 6.92 Å². The topological polar surface area (TPSA) is 46.3 Å². The molecule has 0 aromatic rings. The third-order valence-electron chi connectivity index (χ3n) is 1.03. The van der Waals surface area contributed by atoms with Crippen LogP contribution in [0.15, 0.2) is 0 Å². The average Bonchev–Trinajstić information content (AvgIpc) is 1.63. The van der Waals surface area contributed by atoms with Gasteiger partial charge < -0.3 is 5.21 Å². The Balaban J connectivity index is 3.77. The minimum atomic E-state index is -0.0694. The van der Waals surface area contributed by atoms with Gasteiger partial charge in [-0.05, 0) is 5.92 Å². The van der Waals surface area contributed by atoms with Crippen molar-refractivity contribution in [2.75, 3.05) is 0 Å². The van der Waals surface area contributed by atoms with Crippen LogP contribution in [0.25, 0.3) is 0 Å². The summed E-state index contributed by atoms with van der Waals surface area (Å²) in [5.41, 5.74) is 0.463. The fourth-order valence-corrected chi connectivity index (χ4v) is 0.669. The van der Waals surface area contributed by atoms with Crippen molar-refractivity contribution in [1.29, 1.82) is 0 Å². The molecule has 0 spiro atoms. The molecule has 0 aliphatic heterocycles. The van der Waals surface area contributed by atoms with Gasteiger partial charge in [0, 0.05) is 18.2 Å². The molecule has 3 nitrogen and oxygen atoms in total. The fourth-order valence-electron chi connectivity index (χ4n) is 0.669. The van der Waals surface area contributed by atoms with Gasteiger partial charge in [-0.1, -0.05) is 13.8 Å². The summed E-state index contributed by atoms with van der Waals surface area (Å²) < 4.78 is 0. The minimum absolute atomic E-state index is 0.0694. The lowest BCUT2D eigenvalue weighted by Crippen LogP contribution is -2.10. The average molecular weight is 131 g/mol. The zero-order chi connectivity index (χ0) is 7.44. The zero-order valence-electron chi connectivity index (χ0n) is 6.09. The summed E-state index contributed by atoms with van der Waals surface area (Å²) in [6, 6.07) is 0. The molecule has 0 radical (unpaired) electrons. The molecule has 0 heterocycles. The maximum absolute atomic E-state index is 10.1. The molecule has 0 saturated carbocycles. The number of hydrogen-bond acceptors (Lipinski definition) is 2. The van der Waals surface area contributed by atoms with Gasteiger partial charge in [0.2, 0.25) is 5.71 Å². The van der Waals surface area contributed by atoms with Crippen LogP contribution in [-0.2, 0) is 0 Å². The van der Waals surface area contributed by atoms with Gasteiger partial charge in [-0.2, -0.15) is 0 Å². The Morgan fingerprint density at radius 1 is 1.67 bits per heavy atom. The molecule has 9 heavy (non-hydrogen) atoms. The first-order valence-corrected chi connectivity index (χ1v) is 3.02. The summed E-state index contributed by atoms with van der Waals surface area (Å²) in [5.74, 6) is 0.425. The van der Waals surface area contributed by atoms with Crippen molar-refractivity contribution < 1.29 is 10.1 Å². The Hall–Kier alpha value is -0.730. The van der Waals surface area contributed by atoms with Gasteiger partial charge in [-0.3, -0.25) is 5.21 Å². The molecule has 0 atom stereocenters. The van der Waals surface area contributed by atoms with Crippen LogP contribution in [0, 0.1) is 11.1 Å². The Morgan fingerprint density at radius 3 is 2.22 bits per heavy atom. The van der Waals surface area contributed by atoms with E-state index in [1.165, 1.54) is 0 Å². The molecule has 0 fully saturated rings. The third-order valence-corrected chi connectivity index (χ3v) is 1.03. The van der Waals surface area contributed by atoms with Crippen LogP contribution in [0.1, 0.15) is 27.2 Å². The van der Waals surface area contributed by atoms with Crippen LogP contribution in [0.3, 0.4) is 0 Å². The van der Waals surface area contributed by atoms with E-state index in [2.05, 4.69) is 0 Å². The highest BCUT2D eigenvalue weighted by molar-refractivity contribution is 5.76. The maximum atomic E-state index is 10.1. The molecule has 0 aromatic heterocycles. The molecule has 0 rings (SSSR count). The second kappa shape index (κ2) is 3.33. The largest absolute Gasteiger partial charge is 0.418 e. The molecular formula is C6H13NO2. The van der Waals surface area contributed by atoms with E-state index in [9.17, 15) is 5.21 Å². The van der Waals surface area contributed by atoms with Gasteiger partial charge in [-0.25, -0.2) is 0 Å². The summed E-state index contributed by atoms with van der Waals surface area (Å²) in [6.07, 6.45) is 0.653. The summed E-state index contributed by atoms with van der Waals surface area (Å²) in [7, 11) is 0. The zero-order valence-corrected chi connectivity index (χ0v) is 6.09. The molecular weight excluding hydrogens is 118 g/mol. The molecule has 0 amide bonds. The van der Waals surface area contributed by atoms with E-state index in [0.717, 1.165) is 0 Å². The lowest BCUT2D eigenvalue weighted by atomic mass is 10.1. The van der Waals surface area contributed by atoms with Crippen LogP contribution in [0.4, 0.5) is 0 Å². The van der Waals surface area contributed by atoms with Crippen molar-refractivity contribution in [1.82, 2.24) is 0 Å². The number of nitrogens with zero attached hydrogens (tertiary/aromatic N) is 1. The summed E-state index contributed by atoms with van der Waals surface area (Å²) in [4.78, 5) is -0.0694. The quantitative estimate of drug-likeness (QED) is 0.266. The first-order chi connectivity index (χ1) is 4.04. The Labute approximate surface area is 55.2 Å². The molecule has 0 aromatic carbocycles. The molecule has 0 aliphatic rings. The predicted molar refractivity (Wildman–Crippen MR) is 35.5 cm³/mol. The highest BCUT2D eigenvalue weighted by Crippen LogP contribution is 1.99. The minimum Gasteiger partial charge on any atom is -0.418 e. The first-order valence-electron chi connectivity index (χ1n) is 3.02. The van der Waals surface area contributed by atoms with E-state index in [1.807, 2.05) is 13.8 Å².